The van der Waals surface area contributed by atoms with Crippen LogP contribution < -0.4 is 0 Å². The number of benzene rings is 1. The second-order valence-corrected chi connectivity index (χ2v) is 4.00. The molecule has 1 N–H and O–H groups in total. The van der Waals surface area contributed by atoms with Gasteiger partial charge in [-0.15, -0.1) is 0 Å². The fourth-order valence-corrected chi connectivity index (χ4v) is 1.82. The molecule has 0 amide bonds. The molecule has 0 aliphatic rings. The summed E-state index contributed by atoms with van der Waals surface area (Å²) >= 11 is 0. The van der Waals surface area contributed by atoms with E-state index in [2.05, 4.69) is 0 Å². The molecule has 1 aromatic carbocycles. The van der Waals surface area contributed by atoms with Gasteiger partial charge in [0.2, 0.25) is 0 Å². The smallest absolute Gasteiger partial charge is 0.395 e. The van der Waals surface area contributed by atoms with E-state index >= 15 is 0 Å². The molecule has 1 atom stereocenters. The molecule has 0 spiro atoms. The Kier molecular flexibility index (Phi) is 5.33. The molecular weight excluding hydrogens is 257 g/mol. The maximum atomic E-state index is 12.4. The van der Waals surface area contributed by atoms with Gasteiger partial charge >= 0.3 is 6.18 Å². The van der Waals surface area contributed by atoms with Gasteiger partial charge < -0.3 is 5.11 Å². The molecule has 0 saturated carbocycles. The summed E-state index contributed by atoms with van der Waals surface area (Å²) in [6, 6.07) is 5.93. The highest BCUT2D eigenvalue weighted by atomic mass is 19.4. The summed E-state index contributed by atoms with van der Waals surface area (Å²) in [5.41, 5.74) is -0.246. The number of nitrogens with zero attached hydrogens (tertiary/aromatic N) is 2. The molecule has 0 aliphatic carbocycles. The largest absolute Gasteiger partial charge is 0.416 e. The molecule has 3 nitrogen and oxygen atoms in total. The van der Waals surface area contributed by atoms with Crippen LogP contribution in [0, 0.1) is 11.3 Å². The lowest BCUT2D eigenvalue weighted by Crippen LogP contribution is -2.30. The van der Waals surface area contributed by atoms with E-state index in [4.69, 9.17) is 10.4 Å². The summed E-state index contributed by atoms with van der Waals surface area (Å²) in [5.74, 6) is 0. The van der Waals surface area contributed by atoms with Crippen molar-refractivity contribution >= 4 is 0 Å². The zero-order valence-electron chi connectivity index (χ0n) is 10.5. The van der Waals surface area contributed by atoms with Gasteiger partial charge in [0.25, 0.3) is 0 Å². The van der Waals surface area contributed by atoms with E-state index in [0.717, 1.165) is 12.1 Å². The SMILES string of the molecule is CCN(CCO)C(C#N)c1ccc(C(F)(F)F)cc1. The maximum absolute atomic E-state index is 12.4. The van der Waals surface area contributed by atoms with Crippen molar-refractivity contribution in [2.75, 3.05) is 19.7 Å². The van der Waals surface area contributed by atoms with Crippen molar-refractivity contribution in [1.82, 2.24) is 4.90 Å². The lowest BCUT2D eigenvalue weighted by molar-refractivity contribution is -0.137. The Bertz CT molecular complexity index is 437. The minimum Gasteiger partial charge on any atom is -0.395 e. The van der Waals surface area contributed by atoms with Crippen LogP contribution in [0.1, 0.15) is 24.1 Å². The van der Waals surface area contributed by atoms with Crippen LogP contribution in [0.15, 0.2) is 24.3 Å². The lowest BCUT2D eigenvalue weighted by atomic mass is 10.0. The van der Waals surface area contributed by atoms with Gasteiger partial charge in [0, 0.05) is 6.54 Å². The Labute approximate surface area is 109 Å². The number of hydrogen-bond donors (Lipinski definition) is 1. The van der Waals surface area contributed by atoms with E-state index in [0.29, 0.717) is 18.7 Å². The third-order valence-corrected chi connectivity index (χ3v) is 2.83. The highest BCUT2D eigenvalue weighted by Gasteiger charge is 2.30. The number of nitriles is 1. The van der Waals surface area contributed by atoms with E-state index in [1.807, 2.05) is 13.0 Å². The molecule has 104 valence electrons. The number of hydrogen-bond acceptors (Lipinski definition) is 3. The first-order chi connectivity index (χ1) is 8.93. The van der Waals surface area contributed by atoms with Gasteiger partial charge in [0.15, 0.2) is 0 Å². The molecule has 1 unspecified atom stereocenters. The number of aliphatic hydroxyl groups is 1. The highest BCUT2D eigenvalue weighted by Crippen LogP contribution is 2.30. The Balaban J connectivity index is 2.97. The van der Waals surface area contributed by atoms with E-state index < -0.39 is 17.8 Å². The normalized spacial score (nSPS) is 13.3. The summed E-state index contributed by atoms with van der Waals surface area (Å²) < 4.78 is 37.3. The third kappa shape index (κ3) is 3.94. The Morgan fingerprint density at radius 2 is 1.89 bits per heavy atom. The number of aliphatic hydroxyl groups excluding tert-OH is 1. The number of likely N-dealkylation sites (N-methyl/N-ethyl adjacent to an activating group) is 1. The van der Waals surface area contributed by atoms with Crippen molar-refractivity contribution < 1.29 is 18.3 Å². The second-order valence-electron chi connectivity index (χ2n) is 4.00. The van der Waals surface area contributed by atoms with E-state index in [9.17, 15) is 13.2 Å². The molecule has 0 radical (unpaired) electrons. The van der Waals surface area contributed by atoms with Crippen molar-refractivity contribution in [1.29, 1.82) is 5.26 Å². The van der Waals surface area contributed by atoms with Crippen molar-refractivity contribution in [3.8, 4) is 6.07 Å². The monoisotopic (exact) mass is 272 g/mol. The molecule has 6 heteroatoms. The molecule has 1 rings (SSSR count). The number of alkyl halides is 3. The predicted molar refractivity (Wildman–Crippen MR) is 64.1 cm³/mol. The average molecular weight is 272 g/mol. The fraction of sp³-hybridized carbons (Fsp3) is 0.462. The van der Waals surface area contributed by atoms with Crippen LogP contribution in [0.25, 0.3) is 0 Å². The van der Waals surface area contributed by atoms with Gasteiger partial charge in [0.05, 0.1) is 18.2 Å². The summed E-state index contributed by atoms with van der Waals surface area (Å²) in [5, 5.41) is 18.1. The zero-order chi connectivity index (χ0) is 14.5. The van der Waals surface area contributed by atoms with Gasteiger partial charge in [-0.05, 0) is 24.2 Å². The van der Waals surface area contributed by atoms with E-state index in [1.165, 1.54) is 12.1 Å². The summed E-state index contributed by atoms with van der Waals surface area (Å²) in [6.07, 6.45) is -4.38. The molecule has 1 aromatic rings. The zero-order valence-corrected chi connectivity index (χ0v) is 10.5. The Hall–Kier alpha value is -1.58. The van der Waals surface area contributed by atoms with Gasteiger partial charge in [0.1, 0.15) is 6.04 Å². The standard InChI is InChI=1S/C13H15F3N2O/c1-2-18(7-8-19)12(9-17)10-3-5-11(6-4-10)13(14,15)16/h3-6,12,19H,2,7-8H2,1H3. The molecule has 0 fully saturated rings. The third-order valence-electron chi connectivity index (χ3n) is 2.83. The minimum atomic E-state index is -4.38. The van der Waals surface area contributed by atoms with E-state index in [1.54, 1.807) is 4.90 Å². The van der Waals surface area contributed by atoms with Crippen LogP contribution in [-0.4, -0.2) is 29.7 Å². The van der Waals surface area contributed by atoms with Crippen LogP contribution in [0.4, 0.5) is 13.2 Å². The maximum Gasteiger partial charge on any atom is 0.416 e. The Morgan fingerprint density at radius 3 is 2.26 bits per heavy atom. The summed E-state index contributed by atoms with van der Waals surface area (Å²) in [4.78, 5) is 1.70. The van der Waals surface area contributed by atoms with Crippen LogP contribution in [0.2, 0.25) is 0 Å². The van der Waals surface area contributed by atoms with Crippen molar-refractivity contribution in [2.24, 2.45) is 0 Å². The first-order valence-corrected chi connectivity index (χ1v) is 5.85. The van der Waals surface area contributed by atoms with Crippen LogP contribution in [0.3, 0.4) is 0 Å². The summed E-state index contributed by atoms with van der Waals surface area (Å²) in [7, 11) is 0. The molecule has 19 heavy (non-hydrogen) atoms. The first kappa shape index (κ1) is 15.5. The first-order valence-electron chi connectivity index (χ1n) is 5.85. The summed E-state index contributed by atoms with van der Waals surface area (Å²) in [6.45, 7) is 2.55. The molecule has 0 aromatic heterocycles. The van der Waals surface area contributed by atoms with E-state index in [-0.39, 0.29) is 6.61 Å². The molecule has 0 saturated heterocycles. The quantitative estimate of drug-likeness (QED) is 0.896. The van der Waals surface area contributed by atoms with Crippen LogP contribution >= 0.6 is 0 Å². The van der Waals surface area contributed by atoms with Crippen LogP contribution in [-0.2, 0) is 6.18 Å². The lowest BCUT2D eigenvalue weighted by Gasteiger charge is -2.25. The molecule has 0 heterocycles. The topological polar surface area (TPSA) is 47.3 Å². The molecule has 0 aliphatic heterocycles. The molecular formula is C13H15F3N2O. The van der Waals surface area contributed by atoms with Gasteiger partial charge in [-0.25, -0.2) is 0 Å². The predicted octanol–water partition coefficient (Wildman–Crippen LogP) is 2.58. The fourth-order valence-electron chi connectivity index (χ4n) is 1.82. The minimum absolute atomic E-state index is 0.105. The average Bonchev–Trinajstić information content (AvgIpc) is 2.38. The van der Waals surface area contributed by atoms with Gasteiger partial charge in [-0.2, -0.15) is 18.4 Å². The van der Waals surface area contributed by atoms with Gasteiger partial charge in [-0.3, -0.25) is 4.90 Å². The van der Waals surface area contributed by atoms with Crippen LogP contribution in [0.5, 0.6) is 0 Å². The van der Waals surface area contributed by atoms with Crippen molar-refractivity contribution in [3.63, 3.8) is 0 Å². The number of rotatable bonds is 5. The van der Waals surface area contributed by atoms with Crippen molar-refractivity contribution in [2.45, 2.75) is 19.1 Å². The second kappa shape index (κ2) is 6.55. The Morgan fingerprint density at radius 1 is 1.32 bits per heavy atom. The highest BCUT2D eigenvalue weighted by molar-refractivity contribution is 5.29. The molecule has 0 bridgehead atoms. The van der Waals surface area contributed by atoms with Crippen molar-refractivity contribution in [3.05, 3.63) is 35.4 Å². The van der Waals surface area contributed by atoms with Gasteiger partial charge in [-0.1, -0.05) is 19.1 Å². The number of halogens is 3.